The number of halogens is 1. The van der Waals surface area contributed by atoms with Gasteiger partial charge in [0.05, 0.1) is 23.4 Å². The molecule has 0 bridgehead atoms. The summed E-state index contributed by atoms with van der Waals surface area (Å²) < 4.78 is 0. The molecule has 1 aromatic rings. The van der Waals surface area contributed by atoms with E-state index >= 15 is 0 Å². The third kappa shape index (κ3) is 4.12. The first-order valence-corrected chi connectivity index (χ1v) is 7.24. The van der Waals surface area contributed by atoms with Gasteiger partial charge in [0, 0.05) is 20.1 Å². The highest BCUT2D eigenvalue weighted by Gasteiger charge is 2.15. The topological polar surface area (TPSA) is 43.8 Å². The predicted molar refractivity (Wildman–Crippen MR) is 83.3 cm³/mol. The van der Waals surface area contributed by atoms with Crippen LogP contribution in [0, 0.1) is 0 Å². The first kappa shape index (κ1) is 16.8. The van der Waals surface area contributed by atoms with Crippen molar-refractivity contribution in [3.63, 3.8) is 0 Å². The summed E-state index contributed by atoms with van der Waals surface area (Å²) in [5.74, 6) is 0.0770. The van der Waals surface area contributed by atoms with Crippen LogP contribution in [0.5, 0.6) is 0 Å². The molecular weight excluding hydrogens is 276 g/mol. The number of hydrogen-bond acceptors (Lipinski definition) is 3. The average molecular weight is 299 g/mol. The lowest BCUT2D eigenvalue weighted by molar-refractivity contribution is -0.129. The van der Waals surface area contributed by atoms with Gasteiger partial charge >= 0.3 is 0 Å². The van der Waals surface area contributed by atoms with Crippen molar-refractivity contribution in [2.24, 2.45) is 0 Å². The van der Waals surface area contributed by atoms with E-state index < -0.39 is 6.10 Å². The van der Waals surface area contributed by atoms with E-state index in [-0.39, 0.29) is 12.5 Å². The predicted octanol–water partition coefficient (Wildman–Crippen LogP) is 2.70. The second-order valence-electron chi connectivity index (χ2n) is 4.81. The second kappa shape index (κ2) is 7.50. The molecule has 0 aliphatic heterocycles. The van der Waals surface area contributed by atoms with Crippen molar-refractivity contribution in [3.05, 3.63) is 28.8 Å². The van der Waals surface area contributed by atoms with Crippen LogP contribution in [0.25, 0.3) is 0 Å². The molecule has 20 heavy (non-hydrogen) atoms. The van der Waals surface area contributed by atoms with E-state index in [4.69, 9.17) is 11.6 Å². The fourth-order valence-electron chi connectivity index (χ4n) is 2.06. The largest absolute Gasteiger partial charge is 0.389 e. The molecule has 0 aliphatic rings. The molecule has 0 saturated carbocycles. The van der Waals surface area contributed by atoms with Gasteiger partial charge in [-0.15, -0.1) is 0 Å². The SMILES string of the molecule is CCN(CC)C(=O)CN(C)c1ccc([C@@H](C)O)cc1Cl. The van der Waals surface area contributed by atoms with Crippen molar-refractivity contribution in [1.29, 1.82) is 0 Å². The molecule has 0 fully saturated rings. The zero-order valence-corrected chi connectivity index (χ0v) is 13.3. The van der Waals surface area contributed by atoms with E-state index in [2.05, 4.69) is 0 Å². The lowest BCUT2D eigenvalue weighted by atomic mass is 10.1. The smallest absolute Gasteiger partial charge is 0.242 e. The fourth-order valence-corrected chi connectivity index (χ4v) is 2.39. The molecule has 4 nitrogen and oxygen atoms in total. The summed E-state index contributed by atoms with van der Waals surface area (Å²) in [6.45, 7) is 7.32. The van der Waals surface area contributed by atoms with Crippen molar-refractivity contribution in [1.82, 2.24) is 4.90 Å². The van der Waals surface area contributed by atoms with Crippen molar-refractivity contribution >= 4 is 23.2 Å². The zero-order chi connectivity index (χ0) is 15.3. The van der Waals surface area contributed by atoms with E-state index in [0.717, 1.165) is 11.3 Å². The Labute approximate surface area is 125 Å². The van der Waals surface area contributed by atoms with Gasteiger partial charge < -0.3 is 14.9 Å². The normalized spacial score (nSPS) is 12.1. The molecule has 112 valence electrons. The summed E-state index contributed by atoms with van der Waals surface area (Å²) in [7, 11) is 1.84. The summed E-state index contributed by atoms with van der Waals surface area (Å²) >= 11 is 6.22. The minimum atomic E-state index is -0.552. The molecule has 0 aliphatic carbocycles. The fraction of sp³-hybridized carbons (Fsp3) is 0.533. The number of carbonyl (C=O) groups excluding carboxylic acids is 1. The van der Waals surface area contributed by atoms with Gasteiger partial charge in [0.25, 0.3) is 0 Å². The van der Waals surface area contributed by atoms with Crippen molar-refractivity contribution in [3.8, 4) is 0 Å². The van der Waals surface area contributed by atoms with Gasteiger partial charge in [0.15, 0.2) is 0 Å². The van der Waals surface area contributed by atoms with Crippen LogP contribution in [0.4, 0.5) is 5.69 Å². The maximum atomic E-state index is 12.1. The van der Waals surface area contributed by atoms with Gasteiger partial charge in [0.2, 0.25) is 5.91 Å². The molecule has 5 heteroatoms. The summed E-state index contributed by atoms with van der Waals surface area (Å²) in [5.41, 5.74) is 1.55. The standard InChI is InChI=1S/C15H23ClN2O2/c1-5-18(6-2)15(20)10-17(4)14-8-7-12(11(3)19)9-13(14)16/h7-9,11,19H,5-6,10H2,1-4H3/t11-/m1/s1. The van der Waals surface area contributed by atoms with Crippen LogP contribution in [-0.4, -0.2) is 42.6 Å². The van der Waals surface area contributed by atoms with Crippen molar-refractivity contribution < 1.29 is 9.90 Å². The van der Waals surface area contributed by atoms with Gasteiger partial charge in [-0.2, -0.15) is 0 Å². The summed E-state index contributed by atoms with van der Waals surface area (Å²) in [6.07, 6.45) is -0.552. The first-order valence-electron chi connectivity index (χ1n) is 6.87. The molecule has 1 N–H and O–H groups in total. The molecule has 1 aromatic carbocycles. The minimum absolute atomic E-state index is 0.0770. The number of hydrogen-bond donors (Lipinski definition) is 1. The van der Waals surface area contributed by atoms with Gasteiger partial charge in [0.1, 0.15) is 0 Å². The quantitative estimate of drug-likeness (QED) is 0.878. The number of likely N-dealkylation sites (N-methyl/N-ethyl adjacent to an activating group) is 2. The molecule has 0 radical (unpaired) electrons. The molecule has 0 heterocycles. The maximum absolute atomic E-state index is 12.1. The van der Waals surface area contributed by atoms with E-state index in [1.807, 2.05) is 37.9 Å². The third-order valence-corrected chi connectivity index (χ3v) is 3.66. The van der Waals surface area contributed by atoms with Gasteiger partial charge in [-0.05, 0) is 38.5 Å². The number of benzene rings is 1. The van der Waals surface area contributed by atoms with Gasteiger partial charge in [-0.3, -0.25) is 4.79 Å². The minimum Gasteiger partial charge on any atom is -0.389 e. The Hall–Kier alpha value is -1.26. The van der Waals surface area contributed by atoms with Crippen LogP contribution in [0.1, 0.15) is 32.4 Å². The summed E-state index contributed by atoms with van der Waals surface area (Å²) in [6, 6.07) is 5.39. The molecular formula is C15H23ClN2O2. The lowest BCUT2D eigenvalue weighted by Crippen LogP contribution is -2.38. The molecule has 0 aromatic heterocycles. The number of aliphatic hydroxyl groups is 1. The van der Waals surface area contributed by atoms with Crippen LogP contribution in [0.3, 0.4) is 0 Å². The molecule has 0 unspecified atom stereocenters. The number of nitrogens with zero attached hydrogens (tertiary/aromatic N) is 2. The Morgan fingerprint density at radius 1 is 1.35 bits per heavy atom. The number of rotatable bonds is 6. The first-order chi connectivity index (χ1) is 9.40. The summed E-state index contributed by atoms with van der Waals surface area (Å²) in [4.78, 5) is 15.7. The van der Waals surface area contributed by atoms with Crippen LogP contribution in [0.2, 0.25) is 5.02 Å². The van der Waals surface area contributed by atoms with E-state index in [9.17, 15) is 9.90 Å². The number of amides is 1. The average Bonchev–Trinajstić information content (AvgIpc) is 2.39. The Morgan fingerprint density at radius 2 is 1.95 bits per heavy atom. The zero-order valence-electron chi connectivity index (χ0n) is 12.6. The van der Waals surface area contributed by atoms with Gasteiger partial charge in [-0.1, -0.05) is 17.7 Å². The number of aliphatic hydroxyl groups excluding tert-OH is 1. The highest BCUT2D eigenvalue weighted by atomic mass is 35.5. The lowest BCUT2D eigenvalue weighted by Gasteiger charge is -2.25. The van der Waals surface area contributed by atoms with Crippen molar-refractivity contribution in [2.45, 2.75) is 26.9 Å². The molecule has 0 spiro atoms. The summed E-state index contributed by atoms with van der Waals surface area (Å²) in [5, 5.41) is 10.1. The molecule has 1 amide bonds. The number of anilines is 1. The Morgan fingerprint density at radius 3 is 2.40 bits per heavy atom. The highest BCUT2D eigenvalue weighted by Crippen LogP contribution is 2.28. The number of carbonyl (C=O) groups is 1. The second-order valence-corrected chi connectivity index (χ2v) is 5.22. The van der Waals surface area contributed by atoms with Crippen LogP contribution in [0.15, 0.2) is 18.2 Å². The Bertz CT molecular complexity index is 459. The van der Waals surface area contributed by atoms with Crippen LogP contribution < -0.4 is 4.90 Å². The Kier molecular flexibility index (Phi) is 6.30. The van der Waals surface area contributed by atoms with E-state index in [0.29, 0.717) is 18.1 Å². The van der Waals surface area contributed by atoms with Crippen LogP contribution in [-0.2, 0) is 4.79 Å². The van der Waals surface area contributed by atoms with E-state index in [1.165, 1.54) is 0 Å². The highest BCUT2D eigenvalue weighted by molar-refractivity contribution is 6.33. The Balaban J connectivity index is 2.82. The molecule has 0 saturated heterocycles. The van der Waals surface area contributed by atoms with Gasteiger partial charge in [-0.25, -0.2) is 0 Å². The maximum Gasteiger partial charge on any atom is 0.242 e. The molecule has 1 atom stereocenters. The molecule has 1 rings (SSSR count). The monoisotopic (exact) mass is 298 g/mol. The van der Waals surface area contributed by atoms with E-state index in [1.54, 1.807) is 17.9 Å². The third-order valence-electron chi connectivity index (χ3n) is 3.35. The van der Waals surface area contributed by atoms with Crippen LogP contribution >= 0.6 is 11.6 Å². The van der Waals surface area contributed by atoms with Crippen molar-refractivity contribution in [2.75, 3.05) is 31.6 Å².